The molecule has 0 bridgehead atoms. The monoisotopic (exact) mass is 529 g/mol. The third kappa shape index (κ3) is 5.87. The standard InChI is InChI=1S/C29H24ClN3O5/c1-36-29(35)25(14-19-2-9-24(10-3-19)38-18-20-12-13-37-17-20)32-28(34)26-16-33-15-22(6-11-27(33)31-26)21-4-7-23(30)8-5-21/h2-13,15-17,25H,14,18H2,1H3,(H,32,34)/t25-/m0/s1. The van der Waals surface area contributed by atoms with Gasteiger partial charge in [-0.05, 0) is 59.2 Å². The van der Waals surface area contributed by atoms with Crippen LogP contribution in [0.5, 0.6) is 5.75 Å². The Kier molecular flexibility index (Phi) is 7.42. The molecule has 5 rings (SSSR count). The maximum Gasteiger partial charge on any atom is 0.328 e. The van der Waals surface area contributed by atoms with E-state index in [1.54, 1.807) is 23.1 Å². The van der Waals surface area contributed by atoms with Crippen LogP contribution in [0.4, 0.5) is 0 Å². The summed E-state index contributed by atoms with van der Waals surface area (Å²) in [7, 11) is 1.29. The lowest BCUT2D eigenvalue weighted by Crippen LogP contribution is -2.43. The van der Waals surface area contributed by atoms with E-state index in [4.69, 9.17) is 25.5 Å². The highest BCUT2D eigenvalue weighted by molar-refractivity contribution is 6.30. The van der Waals surface area contributed by atoms with Crippen LogP contribution in [0.2, 0.25) is 5.02 Å². The summed E-state index contributed by atoms with van der Waals surface area (Å²) in [6.45, 7) is 0.386. The van der Waals surface area contributed by atoms with E-state index in [0.717, 1.165) is 22.3 Å². The quantitative estimate of drug-likeness (QED) is 0.259. The van der Waals surface area contributed by atoms with E-state index in [1.165, 1.54) is 7.11 Å². The van der Waals surface area contributed by atoms with E-state index in [-0.39, 0.29) is 12.1 Å². The number of hydrogen-bond donors (Lipinski definition) is 1. The molecule has 0 aliphatic carbocycles. The van der Waals surface area contributed by atoms with E-state index in [9.17, 15) is 9.59 Å². The number of imidazole rings is 1. The number of rotatable bonds is 9. The summed E-state index contributed by atoms with van der Waals surface area (Å²) in [5.41, 5.74) is 4.49. The zero-order valence-corrected chi connectivity index (χ0v) is 21.2. The zero-order valence-electron chi connectivity index (χ0n) is 20.5. The normalized spacial score (nSPS) is 11.7. The van der Waals surface area contributed by atoms with Crippen LogP contribution in [0.1, 0.15) is 21.6 Å². The van der Waals surface area contributed by atoms with Gasteiger partial charge in [-0.1, -0.05) is 35.9 Å². The molecule has 5 aromatic rings. The maximum absolute atomic E-state index is 13.0. The molecule has 0 aliphatic rings. The Morgan fingerprint density at radius 1 is 0.974 bits per heavy atom. The van der Waals surface area contributed by atoms with E-state index < -0.39 is 17.9 Å². The predicted octanol–water partition coefficient (Wildman–Crippen LogP) is 5.34. The lowest BCUT2D eigenvalue weighted by Gasteiger charge is -2.16. The highest BCUT2D eigenvalue weighted by atomic mass is 35.5. The van der Waals surface area contributed by atoms with Crippen LogP contribution < -0.4 is 10.1 Å². The van der Waals surface area contributed by atoms with Crippen molar-refractivity contribution in [3.05, 3.63) is 113 Å². The number of amides is 1. The Balaban J connectivity index is 1.27. The summed E-state index contributed by atoms with van der Waals surface area (Å²) in [4.78, 5) is 29.9. The van der Waals surface area contributed by atoms with Gasteiger partial charge in [0, 0.05) is 29.4 Å². The van der Waals surface area contributed by atoms with Crippen molar-refractivity contribution >= 4 is 29.1 Å². The molecule has 0 fully saturated rings. The van der Waals surface area contributed by atoms with Gasteiger partial charge < -0.3 is 23.6 Å². The minimum absolute atomic E-state index is 0.190. The Morgan fingerprint density at radius 2 is 1.74 bits per heavy atom. The number of halogens is 1. The lowest BCUT2D eigenvalue weighted by atomic mass is 10.1. The summed E-state index contributed by atoms with van der Waals surface area (Å²) in [5.74, 6) is -0.346. The minimum Gasteiger partial charge on any atom is -0.489 e. The number of carbonyl (C=O) groups is 2. The first-order valence-corrected chi connectivity index (χ1v) is 12.2. The Hall–Kier alpha value is -4.56. The van der Waals surface area contributed by atoms with Gasteiger partial charge in [-0.25, -0.2) is 9.78 Å². The number of furan rings is 1. The first-order valence-electron chi connectivity index (χ1n) is 11.8. The number of hydrogen-bond acceptors (Lipinski definition) is 6. The fourth-order valence-electron chi connectivity index (χ4n) is 3.98. The van der Waals surface area contributed by atoms with Gasteiger partial charge in [0.15, 0.2) is 0 Å². The molecule has 0 aliphatic heterocycles. The number of aromatic nitrogens is 2. The number of benzene rings is 2. The second-order valence-corrected chi connectivity index (χ2v) is 9.07. The second kappa shape index (κ2) is 11.2. The number of fused-ring (bicyclic) bond motifs is 1. The zero-order chi connectivity index (χ0) is 26.5. The Bertz CT molecular complexity index is 1540. The van der Waals surface area contributed by atoms with Crippen molar-refractivity contribution < 1.29 is 23.5 Å². The van der Waals surface area contributed by atoms with E-state index in [2.05, 4.69) is 10.3 Å². The Labute approximate surface area is 223 Å². The molecule has 0 radical (unpaired) electrons. The molecule has 9 heteroatoms. The SMILES string of the molecule is COC(=O)[C@H](Cc1ccc(OCc2ccoc2)cc1)NC(=O)c1cn2cc(-c3ccc(Cl)cc3)ccc2n1. The van der Waals surface area contributed by atoms with Gasteiger partial charge in [0.1, 0.15) is 29.7 Å². The van der Waals surface area contributed by atoms with Gasteiger partial charge in [0.25, 0.3) is 5.91 Å². The van der Waals surface area contributed by atoms with Gasteiger partial charge in [0.05, 0.1) is 19.6 Å². The van der Waals surface area contributed by atoms with Crippen molar-refractivity contribution in [2.24, 2.45) is 0 Å². The van der Waals surface area contributed by atoms with Crippen LogP contribution >= 0.6 is 11.6 Å². The molecule has 1 atom stereocenters. The topological polar surface area (TPSA) is 95.1 Å². The number of pyridine rings is 1. The van der Waals surface area contributed by atoms with Crippen LogP contribution in [0.3, 0.4) is 0 Å². The van der Waals surface area contributed by atoms with Gasteiger partial charge in [-0.3, -0.25) is 4.79 Å². The van der Waals surface area contributed by atoms with Crippen molar-refractivity contribution in [1.82, 2.24) is 14.7 Å². The maximum atomic E-state index is 13.0. The van der Waals surface area contributed by atoms with E-state index >= 15 is 0 Å². The molecule has 3 aromatic heterocycles. The fourth-order valence-corrected chi connectivity index (χ4v) is 4.11. The highest BCUT2D eigenvalue weighted by Crippen LogP contribution is 2.22. The minimum atomic E-state index is -0.889. The summed E-state index contributed by atoms with van der Waals surface area (Å²) >= 11 is 5.99. The molecule has 0 saturated carbocycles. The highest BCUT2D eigenvalue weighted by Gasteiger charge is 2.24. The van der Waals surface area contributed by atoms with Gasteiger partial charge in [0.2, 0.25) is 0 Å². The molecule has 8 nitrogen and oxygen atoms in total. The third-order valence-electron chi connectivity index (χ3n) is 6.00. The number of methoxy groups -OCH3 is 1. The number of nitrogens with one attached hydrogen (secondary N) is 1. The number of esters is 1. The van der Waals surface area contributed by atoms with Crippen molar-refractivity contribution in [2.75, 3.05) is 7.11 Å². The molecule has 3 heterocycles. The number of ether oxygens (including phenoxy) is 2. The first-order chi connectivity index (χ1) is 18.5. The third-order valence-corrected chi connectivity index (χ3v) is 6.25. The summed E-state index contributed by atoms with van der Waals surface area (Å²) in [5, 5.41) is 3.42. The van der Waals surface area contributed by atoms with Gasteiger partial charge in [-0.2, -0.15) is 0 Å². The molecule has 192 valence electrons. The lowest BCUT2D eigenvalue weighted by molar-refractivity contribution is -0.142. The molecule has 2 aromatic carbocycles. The predicted molar refractivity (Wildman–Crippen MR) is 142 cm³/mol. The van der Waals surface area contributed by atoms with Crippen LogP contribution in [-0.4, -0.2) is 34.4 Å². The molecule has 0 unspecified atom stereocenters. The smallest absolute Gasteiger partial charge is 0.328 e. The van der Waals surface area contributed by atoms with Crippen LogP contribution in [-0.2, 0) is 22.6 Å². The summed E-state index contributed by atoms with van der Waals surface area (Å²) in [6, 6.07) is 19.5. The number of carbonyl (C=O) groups excluding carboxylic acids is 2. The molecule has 1 amide bonds. The molecule has 38 heavy (non-hydrogen) atoms. The molecule has 0 saturated heterocycles. The fraction of sp³-hybridized carbons (Fsp3) is 0.138. The van der Waals surface area contributed by atoms with Crippen LogP contribution in [0.25, 0.3) is 16.8 Å². The van der Waals surface area contributed by atoms with Crippen molar-refractivity contribution in [1.29, 1.82) is 0 Å². The van der Waals surface area contributed by atoms with Crippen molar-refractivity contribution in [3.63, 3.8) is 0 Å². The average Bonchev–Trinajstić information content (AvgIpc) is 3.62. The van der Waals surface area contributed by atoms with Crippen molar-refractivity contribution in [2.45, 2.75) is 19.1 Å². The van der Waals surface area contributed by atoms with E-state index in [1.807, 2.05) is 72.9 Å². The second-order valence-electron chi connectivity index (χ2n) is 8.63. The van der Waals surface area contributed by atoms with Crippen LogP contribution in [0, 0.1) is 0 Å². The van der Waals surface area contributed by atoms with E-state index in [0.29, 0.717) is 23.0 Å². The number of nitrogens with zero attached hydrogens (tertiary/aromatic N) is 2. The molecular weight excluding hydrogens is 506 g/mol. The van der Waals surface area contributed by atoms with Gasteiger partial charge in [-0.15, -0.1) is 0 Å². The largest absolute Gasteiger partial charge is 0.489 e. The summed E-state index contributed by atoms with van der Waals surface area (Å²) in [6.07, 6.45) is 6.98. The first kappa shape index (κ1) is 25.1. The van der Waals surface area contributed by atoms with Crippen molar-refractivity contribution in [3.8, 4) is 16.9 Å². The average molecular weight is 530 g/mol. The van der Waals surface area contributed by atoms with Crippen LogP contribution in [0.15, 0.2) is 96.1 Å². The van der Waals surface area contributed by atoms with Gasteiger partial charge >= 0.3 is 5.97 Å². The Morgan fingerprint density at radius 3 is 2.45 bits per heavy atom. The molecular formula is C29H24ClN3O5. The molecule has 1 N–H and O–H groups in total. The molecule has 0 spiro atoms. The summed E-state index contributed by atoms with van der Waals surface area (Å²) < 4.78 is 17.5.